The normalized spacial score (nSPS) is 10.8. The van der Waals surface area contributed by atoms with E-state index in [1.807, 2.05) is 78.9 Å². The number of hydrogen-bond donors (Lipinski definition) is 1. The van der Waals surface area contributed by atoms with E-state index in [2.05, 4.69) is 20.4 Å². The van der Waals surface area contributed by atoms with Crippen LogP contribution in [0, 0.1) is 0 Å². The Bertz CT molecular complexity index is 1350. The number of carbonyl (C=O) groups excluding carboxylic acids is 1. The van der Waals surface area contributed by atoms with Gasteiger partial charge in [0.05, 0.1) is 16.8 Å². The third kappa shape index (κ3) is 3.42. The molecule has 1 amide bonds. The highest BCUT2D eigenvalue weighted by atomic mass is 16.5. The number of fused-ring (bicyclic) bond motifs is 1. The lowest BCUT2D eigenvalue weighted by atomic mass is 10.1. The van der Waals surface area contributed by atoms with E-state index < -0.39 is 0 Å². The molecule has 0 saturated carbocycles. The van der Waals surface area contributed by atoms with Crippen LogP contribution in [0.2, 0.25) is 0 Å². The first kappa shape index (κ1) is 17.8. The Labute approximate surface area is 172 Å². The Morgan fingerprint density at radius 1 is 0.767 bits per heavy atom. The molecule has 5 aromatic rings. The molecule has 0 spiro atoms. The molecule has 0 saturated heterocycles. The van der Waals surface area contributed by atoms with Crippen molar-refractivity contribution in [1.82, 2.24) is 15.1 Å². The summed E-state index contributed by atoms with van der Waals surface area (Å²) in [5.41, 5.74) is 3.17. The Morgan fingerprint density at radius 2 is 1.53 bits per heavy atom. The predicted octanol–water partition coefficient (Wildman–Crippen LogP) is 5.20. The maximum atomic E-state index is 12.8. The summed E-state index contributed by atoms with van der Waals surface area (Å²) in [4.78, 5) is 21.8. The van der Waals surface area contributed by atoms with E-state index in [1.54, 1.807) is 12.1 Å². The molecule has 144 valence electrons. The molecule has 6 heteroatoms. The molecule has 30 heavy (non-hydrogen) atoms. The van der Waals surface area contributed by atoms with Gasteiger partial charge < -0.3 is 9.84 Å². The van der Waals surface area contributed by atoms with Crippen molar-refractivity contribution in [2.45, 2.75) is 0 Å². The molecule has 0 radical (unpaired) electrons. The average Bonchev–Trinajstić information content (AvgIpc) is 3.30. The van der Waals surface area contributed by atoms with E-state index in [4.69, 9.17) is 4.52 Å². The van der Waals surface area contributed by atoms with Crippen molar-refractivity contribution in [2.24, 2.45) is 0 Å². The number of benzene rings is 3. The third-order valence-corrected chi connectivity index (χ3v) is 4.69. The predicted molar refractivity (Wildman–Crippen MR) is 115 cm³/mol. The summed E-state index contributed by atoms with van der Waals surface area (Å²) in [5, 5.41) is 7.95. The summed E-state index contributed by atoms with van der Waals surface area (Å²) in [6.45, 7) is 0. The zero-order chi connectivity index (χ0) is 20.3. The molecule has 5 rings (SSSR count). The molecule has 1 N–H and O–H groups in total. The van der Waals surface area contributed by atoms with Crippen molar-refractivity contribution >= 4 is 22.5 Å². The Morgan fingerprint density at radius 3 is 2.43 bits per heavy atom. The van der Waals surface area contributed by atoms with Crippen LogP contribution >= 0.6 is 0 Å². The number of nitrogens with zero attached hydrogens (tertiary/aromatic N) is 3. The van der Waals surface area contributed by atoms with Gasteiger partial charge in [-0.25, -0.2) is 4.98 Å². The molecular weight excluding hydrogens is 376 g/mol. The standard InChI is InChI=1S/C24H16N4O2/c29-23(21-15-14-16-8-4-6-12-19(16)25-21)26-20-13-7-5-11-18(20)24-27-22(28-30-24)17-9-2-1-3-10-17/h1-15H,(H,26,29). The summed E-state index contributed by atoms with van der Waals surface area (Å²) in [5.74, 6) is 0.509. The van der Waals surface area contributed by atoms with Gasteiger partial charge in [0.1, 0.15) is 5.69 Å². The van der Waals surface area contributed by atoms with E-state index in [0.717, 1.165) is 16.5 Å². The second-order valence-electron chi connectivity index (χ2n) is 6.68. The van der Waals surface area contributed by atoms with Crippen LogP contribution in [0.5, 0.6) is 0 Å². The lowest BCUT2D eigenvalue weighted by Crippen LogP contribution is -2.14. The fourth-order valence-electron chi connectivity index (χ4n) is 3.19. The van der Waals surface area contributed by atoms with Crippen molar-refractivity contribution < 1.29 is 9.32 Å². The van der Waals surface area contributed by atoms with Gasteiger partial charge in [-0.3, -0.25) is 4.79 Å². The SMILES string of the molecule is O=C(Nc1ccccc1-c1nc(-c2ccccc2)no1)c1ccc2ccccc2n1. The van der Waals surface area contributed by atoms with Crippen LogP contribution in [-0.4, -0.2) is 21.0 Å². The first-order chi connectivity index (χ1) is 14.8. The molecule has 2 heterocycles. The van der Waals surface area contributed by atoms with Gasteiger partial charge in [-0.2, -0.15) is 4.98 Å². The van der Waals surface area contributed by atoms with Crippen LogP contribution in [0.3, 0.4) is 0 Å². The summed E-state index contributed by atoms with van der Waals surface area (Å²) in [6, 6.07) is 28.1. The zero-order valence-electron chi connectivity index (χ0n) is 15.8. The van der Waals surface area contributed by atoms with Crippen LogP contribution in [0.15, 0.2) is 95.5 Å². The number of para-hydroxylation sites is 2. The molecule has 6 nitrogen and oxygen atoms in total. The first-order valence-electron chi connectivity index (χ1n) is 9.43. The van der Waals surface area contributed by atoms with Crippen molar-refractivity contribution in [3.8, 4) is 22.8 Å². The molecule has 0 fully saturated rings. The fourth-order valence-corrected chi connectivity index (χ4v) is 3.19. The minimum atomic E-state index is -0.309. The molecule has 0 aliphatic carbocycles. The Hall–Kier alpha value is -4.32. The van der Waals surface area contributed by atoms with Crippen LogP contribution < -0.4 is 5.32 Å². The van der Waals surface area contributed by atoms with E-state index in [9.17, 15) is 4.79 Å². The fraction of sp³-hybridized carbons (Fsp3) is 0. The summed E-state index contributed by atoms with van der Waals surface area (Å²) < 4.78 is 5.46. The number of hydrogen-bond acceptors (Lipinski definition) is 5. The van der Waals surface area contributed by atoms with Gasteiger partial charge >= 0.3 is 0 Å². The quantitative estimate of drug-likeness (QED) is 0.454. The number of aromatic nitrogens is 3. The van der Waals surface area contributed by atoms with Gasteiger partial charge in [0, 0.05) is 10.9 Å². The largest absolute Gasteiger partial charge is 0.334 e. The summed E-state index contributed by atoms with van der Waals surface area (Å²) in [6.07, 6.45) is 0. The number of amides is 1. The zero-order valence-corrected chi connectivity index (χ0v) is 15.8. The van der Waals surface area contributed by atoms with Gasteiger partial charge in [0.2, 0.25) is 5.82 Å². The Kier molecular flexibility index (Phi) is 4.50. The van der Waals surface area contributed by atoms with Crippen molar-refractivity contribution in [3.63, 3.8) is 0 Å². The Balaban J connectivity index is 1.45. The number of carbonyl (C=O) groups is 1. The lowest BCUT2D eigenvalue weighted by molar-refractivity contribution is 0.102. The van der Waals surface area contributed by atoms with Gasteiger partial charge in [-0.05, 0) is 24.3 Å². The third-order valence-electron chi connectivity index (χ3n) is 4.69. The molecule has 0 atom stereocenters. The lowest BCUT2D eigenvalue weighted by Gasteiger charge is -2.08. The van der Waals surface area contributed by atoms with Gasteiger partial charge in [0.25, 0.3) is 11.8 Å². The van der Waals surface area contributed by atoms with Crippen LogP contribution in [-0.2, 0) is 0 Å². The monoisotopic (exact) mass is 392 g/mol. The number of rotatable bonds is 4. The molecule has 0 aliphatic heterocycles. The summed E-state index contributed by atoms with van der Waals surface area (Å²) in [7, 11) is 0. The molecule has 3 aromatic carbocycles. The highest BCUT2D eigenvalue weighted by Gasteiger charge is 2.16. The maximum Gasteiger partial charge on any atom is 0.274 e. The second-order valence-corrected chi connectivity index (χ2v) is 6.68. The molecule has 0 aliphatic rings. The van der Waals surface area contributed by atoms with Crippen LogP contribution in [0.25, 0.3) is 33.7 Å². The minimum Gasteiger partial charge on any atom is -0.334 e. The molecule has 0 unspecified atom stereocenters. The molecular formula is C24H16N4O2. The average molecular weight is 392 g/mol. The second kappa shape index (κ2) is 7.60. The van der Waals surface area contributed by atoms with E-state index in [-0.39, 0.29) is 5.91 Å². The van der Waals surface area contributed by atoms with Crippen molar-refractivity contribution in [3.05, 3.63) is 96.7 Å². The van der Waals surface area contributed by atoms with E-state index in [1.165, 1.54) is 0 Å². The number of nitrogens with one attached hydrogen (secondary N) is 1. The maximum absolute atomic E-state index is 12.8. The van der Waals surface area contributed by atoms with Gasteiger partial charge in [-0.1, -0.05) is 71.9 Å². The molecule has 2 aromatic heterocycles. The first-order valence-corrected chi connectivity index (χ1v) is 9.43. The summed E-state index contributed by atoms with van der Waals surface area (Å²) >= 11 is 0. The van der Waals surface area contributed by atoms with Crippen molar-refractivity contribution in [1.29, 1.82) is 0 Å². The van der Waals surface area contributed by atoms with Crippen molar-refractivity contribution in [2.75, 3.05) is 5.32 Å². The minimum absolute atomic E-state index is 0.309. The number of anilines is 1. The number of pyridine rings is 1. The smallest absolute Gasteiger partial charge is 0.274 e. The van der Waals surface area contributed by atoms with E-state index in [0.29, 0.717) is 28.7 Å². The van der Waals surface area contributed by atoms with Gasteiger partial charge in [0.15, 0.2) is 0 Å². The van der Waals surface area contributed by atoms with Gasteiger partial charge in [-0.15, -0.1) is 0 Å². The van der Waals surface area contributed by atoms with E-state index >= 15 is 0 Å². The topological polar surface area (TPSA) is 80.9 Å². The van der Waals surface area contributed by atoms with Crippen LogP contribution in [0.1, 0.15) is 10.5 Å². The van der Waals surface area contributed by atoms with Crippen LogP contribution in [0.4, 0.5) is 5.69 Å². The molecule has 0 bridgehead atoms. The highest BCUT2D eigenvalue weighted by Crippen LogP contribution is 2.28. The highest BCUT2D eigenvalue weighted by molar-refractivity contribution is 6.05.